The van der Waals surface area contributed by atoms with Crippen LogP contribution in [-0.2, 0) is 0 Å². The van der Waals surface area contributed by atoms with Crippen molar-refractivity contribution in [3.05, 3.63) is 20.8 Å². The Morgan fingerprint density at radius 2 is 2.27 bits per heavy atom. The highest BCUT2D eigenvalue weighted by Crippen LogP contribution is 2.28. The Morgan fingerprint density at radius 3 is 2.67 bits per heavy atom. The van der Waals surface area contributed by atoms with Crippen molar-refractivity contribution in [2.45, 2.75) is 12.5 Å². The number of hydrogen-bond donors (Lipinski definition) is 1. The summed E-state index contributed by atoms with van der Waals surface area (Å²) < 4.78 is 25.4. The largest absolute Gasteiger partial charge is 0.329 e. The maximum atomic E-state index is 12.2. The molecule has 0 aliphatic heterocycles. The van der Waals surface area contributed by atoms with E-state index >= 15 is 0 Å². The van der Waals surface area contributed by atoms with Gasteiger partial charge in [-0.2, -0.15) is 0 Å². The van der Waals surface area contributed by atoms with Crippen LogP contribution < -0.4 is 5.73 Å². The van der Waals surface area contributed by atoms with E-state index in [-0.39, 0.29) is 12.6 Å². The van der Waals surface area contributed by atoms with Crippen molar-refractivity contribution in [3.8, 4) is 0 Å². The Kier molecular flexibility index (Phi) is 5.11. The van der Waals surface area contributed by atoms with E-state index < -0.39 is 6.43 Å². The van der Waals surface area contributed by atoms with Crippen LogP contribution in [-0.4, -0.2) is 31.5 Å². The van der Waals surface area contributed by atoms with Crippen LogP contribution in [0.1, 0.15) is 10.9 Å². The number of halogens is 3. The average Bonchev–Trinajstić information content (AvgIpc) is 2.51. The molecule has 0 amide bonds. The molecule has 2 nitrogen and oxygen atoms in total. The number of alkyl halides is 2. The molecule has 86 valence electrons. The number of nitrogens with two attached hydrogens (primary N) is 1. The second-order valence-electron chi connectivity index (χ2n) is 3.25. The molecule has 1 rings (SSSR count). The first-order chi connectivity index (χ1) is 7.04. The van der Waals surface area contributed by atoms with Crippen LogP contribution in [0.5, 0.6) is 0 Å². The molecule has 0 spiro atoms. The Morgan fingerprint density at radius 1 is 1.60 bits per heavy atom. The summed E-state index contributed by atoms with van der Waals surface area (Å²) in [6.07, 6.45) is -2.33. The summed E-state index contributed by atoms with van der Waals surface area (Å²) in [5, 5.41) is 1.92. The molecular formula is C9H13BrF2N2S. The van der Waals surface area contributed by atoms with Gasteiger partial charge >= 0.3 is 0 Å². The summed E-state index contributed by atoms with van der Waals surface area (Å²) in [6.45, 7) is 0.0908. The van der Waals surface area contributed by atoms with E-state index in [2.05, 4.69) is 15.9 Å². The fourth-order valence-corrected chi connectivity index (χ4v) is 2.98. The van der Waals surface area contributed by atoms with Gasteiger partial charge in [0.2, 0.25) is 0 Å². The van der Waals surface area contributed by atoms with E-state index in [1.807, 2.05) is 11.4 Å². The number of nitrogens with zero attached hydrogens (tertiary/aromatic N) is 1. The lowest BCUT2D eigenvalue weighted by Crippen LogP contribution is -2.33. The van der Waals surface area contributed by atoms with Crippen LogP contribution in [0.15, 0.2) is 15.9 Å². The quantitative estimate of drug-likeness (QED) is 0.906. The van der Waals surface area contributed by atoms with E-state index in [1.165, 1.54) is 11.3 Å². The second-order valence-corrected chi connectivity index (χ2v) is 5.11. The zero-order valence-electron chi connectivity index (χ0n) is 8.29. The van der Waals surface area contributed by atoms with Crippen molar-refractivity contribution in [1.29, 1.82) is 0 Å². The summed E-state index contributed by atoms with van der Waals surface area (Å²) >= 11 is 4.86. The van der Waals surface area contributed by atoms with Crippen molar-refractivity contribution in [1.82, 2.24) is 4.90 Å². The van der Waals surface area contributed by atoms with E-state index in [1.54, 1.807) is 11.9 Å². The van der Waals surface area contributed by atoms with Crippen molar-refractivity contribution in [2.24, 2.45) is 5.73 Å². The van der Waals surface area contributed by atoms with Crippen LogP contribution in [0, 0.1) is 0 Å². The molecule has 1 heterocycles. The molecule has 0 aliphatic rings. The molecule has 2 N–H and O–H groups in total. The molecule has 0 saturated heterocycles. The Balaban J connectivity index is 2.70. The minimum absolute atomic E-state index is 0.129. The lowest BCUT2D eigenvalue weighted by atomic mass is 10.2. The SMILES string of the molecule is CN(CC(F)F)C(CN)c1cc(Br)cs1. The topological polar surface area (TPSA) is 29.3 Å². The summed E-state index contributed by atoms with van der Waals surface area (Å²) in [5.74, 6) is 0. The molecule has 0 aromatic carbocycles. The van der Waals surface area contributed by atoms with Crippen LogP contribution in [0.4, 0.5) is 8.78 Å². The number of rotatable bonds is 5. The highest BCUT2D eigenvalue weighted by Gasteiger charge is 2.19. The first-order valence-corrected chi connectivity index (χ1v) is 6.14. The first kappa shape index (κ1) is 13.0. The normalized spacial score (nSPS) is 13.8. The van der Waals surface area contributed by atoms with E-state index in [9.17, 15) is 8.78 Å². The molecule has 1 aromatic rings. The van der Waals surface area contributed by atoms with Gasteiger partial charge in [0.05, 0.1) is 12.6 Å². The standard InChI is InChI=1S/C9H13BrF2N2S/c1-14(4-9(11)12)7(3-13)8-2-6(10)5-15-8/h2,5,7,9H,3-4,13H2,1H3. The van der Waals surface area contributed by atoms with E-state index in [4.69, 9.17) is 5.73 Å². The van der Waals surface area contributed by atoms with Crippen LogP contribution in [0.2, 0.25) is 0 Å². The smallest absolute Gasteiger partial charge is 0.251 e. The van der Waals surface area contributed by atoms with Gasteiger partial charge in [0.1, 0.15) is 0 Å². The average molecular weight is 299 g/mol. The third-order valence-corrected chi connectivity index (χ3v) is 3.89. The minimum atomic E-state index is -2.33. The number of likely N-dealkylation sites (N-methyl/N-ethyl adjacent to an activating group) is 1. The third-order valence-electron chi connectivity index (χ3n) is 2.10. The van der Waals surface area contributed by atoms with Crippen molar-refractivity contribution in [2.75, 3.05) is 20.1 Å². The Labute approximate surface area is 100 Å². The minimum Gasteiger partial charge on any atom is -0.329 e. The van der Waals surface area contributed by atoms with Crippen LogP contribution in [0.25, 0.3) is 0 Å². The highest BCUT2D eigenvalue weighted by atomic mass is 79.9. The Hall–Kier alpha value is -0.0400. The number of thiophene rings is 1. The predicted molar refractivity (Wildman–Crippen MR) is 62.4 cm³/mol. The molecule has 0 aliphatic carbocycles. The molecule has 1 unspecified atom stereocenters. The lowest BCUT2D eigenvalue weighted by molar-refractivity contribution is 0.0829. The molecule has 6 heteroatoms. The maximum Gasteiger partial charge on any atom is 0.251 e. The highest BCUT2D eigenvalue weighted by molar-refractivity contribution is 9.10. The summed E-state index contributed by atoms with van der Waals surface area (Å²) in [4.78, 5) is 2.59. The molecule has 0 saturated carbocycles. The molecule has 1 aromatic heterocycles. The van der Waals surface area contributed by atoms with Gasteiger partial charge in [0.15, 0.2) is 0 Å². The van der Waals surface area contributed by atoms with Crippen molar-refractivity contribution < 1.29 is 8.78 Å². The number of hydrogen-bond acceptors (Lipinski definition) is 3. The zero-order valence-corrected chi connectivity index (χ0v) is 10.7. The van der Waals surface area contributed by atoms with Gasteiger partial charge in [-0.25, -0.2) is 8.78 Å². The summed E-state index contributed by atoms with van der Waals surface area (Å²) in [5.41, 5.74) is 5.60. The predicted octanol–water partition coefficient (Wildman–Crippen LogP) is 2.71. The van der Waals surface area contributed by atoms with Gasteiger partial charge in [-0.3, -0.25) is 4.90 Å². The van der Waals surface area contributed by atoms with Crippen molar-refractivity contribution >= 4 is 27.3 Å². The molecule has 15 heavy (non-hydrogen) atoms. The van der Waals surface area contributed by atoms with Gasteiger partial charge in [-0.05, 0) is 29.0 Å². The fourth-order valence-electron chi connectivity index (χ4n) is 1.36. The van der Waals surface area contributed by atoms with Gasteiger partial charge in [0, 0.05) is 21.3 Å². The van der Waals surface area contributed by atoms with Crippen LogP contribution in [0.3, 0.4) is 0 Å². The summed E-state index contributed by atoms with van der Waals surface area (Å²) in [6, 6.07) is 1.79. The molecule has 1 atom stereocenters. The Bertz CT molecular complexity index is 306. The second kappa shape index (κ2) is 5.89. The molecule has 0 radical (unpaired) electrons. The first-order valence-electron chi connectivity index (χ1n) is 4.47. The van der Waals surface area contributed by atoms with Gasteiger partial charge < -0.3 is 5.73 Å². The molecule has 0 fully saturated rings. The van der Waals surface area contributed by atoms with Crippen LogP contribution >= 0.6 is 27.3 Å². The summed E-state index contributed by atoms with van der Waals surface area (Å²) in [7, 11) is 1.66. The van der Waals surface area contributed by atoms with Crippen molar-refractivity contribution in [3.63, 3.8) is 0 Å². The van der Waals surface area contributed by atoms with Gasteiger partial charge in [-0.15, -0.1) is 11.3 Å². The van der Waals surface area contributed by atoms with E-state index in [0.717, 1.165) is 9.35 Å². The fraction of sp³-hybridized carbons (Fsp3) is 0.556. The monoisotopic (exact) mass is 298 g/mol. The third kappa shape index (κ3) is 3.79. The van der Waals surface area contributed by atoms with E-state index in [0.29, 0.717) is 6.54 Å². The molecular weight excluding hydrogens is 286 g/mol. The maximum absolute atomic E-state index is 12.2. The zero-order chi connectivity index (χ0) is 11.4. The van der Waals surface area contributed by atoms with Gasteiger partial charge in [0.25, 0.3) is 6.43 Å². The van der Waals surface area contributed by atoms with Gasteiger partial charge in [-0.1, -0.05) is 0 Å². The lowest BCUT2D eigenvalue weighted by Gasteiger charge is -2.25. The molecule has 0 bridgehead atoms.